The molecule has 26 heavy (non-hydrogen) atoms. The highest BCUT2D eigenvalue weighted by Gasteiger charge is 2.21. The molecule has 0 radical (unpaired) electrons. The van der Waals surface area contributed by atoms with E-state index < -0.39 is 0 Å². The number of ether oxygens (including phenoxy) is 1. The Balaban J connectivity index is 1.71. The SMILES string of the molecule is CCN(C)C=Nc1cc(Br)c(OCC2CCCc3ccccc32)nc1C. The van der Waals surface area contributed by atoms with E-state index in [1.807, 2.05) is 31.3 Å². The third-order valence-corrected chi connectivity index (χ3v) is 5.48. The quantitative estimate of drug-likeness (QED) is 0.476. The highest BCUT2D eigenvalue weighted by molar-refractivity contribution is 9.10. The fourth-order valence-corrected chi connectivity index (χ4v) is 3.65. The van der Waals surface area contributed by atoms with Crippen molar-refractivity contribution in [1.29, 1.82) is 0 Å². The second kappa shape index (κ2) is 8.67. The monoisotopic (exact) mass is 415 g/mol. The Bertz CT molecular complexity index is 791. The van der Waals surface area contributed by atoms with E-state index in [0.29, 0.717) is 18.4 Å². The van der Waals surface area contributed by atoms with Crippen molar-refractivity contribution >= 4 is 28.0 Å². The Morgan fingerprint density at radius 3 is 3.00 bits per heavy atom. The predicted molar refractivity (Wildman–Crippen MR) is 111 cm³/mol. The van der Waals surface area contributed by atoms with Crippen LogP contribution < -0.4 is 4.74 Å². The molecule has 1 aromatic heterocycles. The van der Waals surface area contributed by atoms with Crippen molar-refractivity contribution in [3.8, 4) is 5.88 Å². The molecule has 1 aliphatic carbocycles. The molecule has 0 saturated carbocycles. The molecule has 0 bridgehead atoms. The molecular weight excluding hydrogens is 390 g/mol. The average molecular weight is 416 g/mol. The van der Waals surface area contributed by atoms with Crippen LogP contribution >= 0.6 is 15.9 Å². The number of hydrogen-bond acceptors (Lipinski definition) is 3. The Morgan fingerprint density at radius 1 is 1.38 bits per heavy atom. The molecule has 1 atom stereocenters. The van der Waals surface area contributed by atoms with Gasteiger partial charge in [-0.1, -0.05) is 24.3 Å². The highest BCUT2D eigenvalue weighted by Crippen LogP contribution is 2.34. The van der Waals surface area contributed by atoms with Crippen molar-refractivity contribution in [1.82, 2.24) is 9.88 Å². The number of aliphatic imine (C=N–C) groups is 1. The average Bonchev–Trinajstić information content (AvgIpc) is 2.66. The van der Waals surface area contributed by atoms with Crippen molar-refractivity contribution in [3.63, 3.8) is 0 Å². The first kappa shape index (κ1) is 18.9. The second-order valence-electron chi connectivity index (χ2n) is 6.80. The van der Waals surface area contributed by atoms with Crippen molar-refractivity contribution in [2.24, 2.45) is 4.99 Å². The van der Waals surface area contributed by atoms with Crippen molar-refractivity contribution in [3.05, 3.63) is 51.6 Å². The molecule has 0 fully saturated rings. The van der Waals surface area contributed by atoms with Gasteiger partial charge in [0.2, 0.25) is 5.88 Å². The maximum atomic E-state index is 6.10. The molecule has 1 unspecified atom stereocenters. The fraction of sp³-hybridized carbons (Fsp3) is 0.429. The summed E-state index contributed by atoms with van der Waals surface area (Å²) in [7, 11) is 2.00. The third kappa shape index (κ3) is 4.44. The summed E-state index contributed by atoms with van der Waals surface area (Å²) in [6.45, 7) is 5.63. The summed E-state index contributed by atoms with van der Waals surface area (Å²) >= 11 is 3.59. The normalized spacial score (nSPS) is 16.5. The van der Waals surface area contributed by atoms with E-state index in [4.69, 9.17) is 4.74 Å². The first-order chi connectivity index (χ1) is 12.6. The van der Waals surface area contributed by atoms with Crippen LogP contribution in [0.5, 0.6) is 5.88 Å². The van der Waals surface area contributed by atoms with E-state index in [1.165, 1.54) is 30.4 Å². The lowest BCUT2D eigenvalue weighted by Gasteiger charge is -2.25. The van der Waals surface area contributed by atoms with Gasteiger partial charge in [-0.05, 0) is 66.2 Å². The summed E-state index contributed by atoms with van der Waals surface area (Å²) in [5.74, 6) is 1.08. The van der Waals surface area contributed by atoms with Crippen molar-refractivity contribution in [2.75, 3.05) is 20.2 Å². The fourth-order valence-electron chi connectivity index (χ4n) is 3.23. The summed E-state index contributed by atoms with van der Waals surface area (Å²) in [6.07, 6.45) is 5.39. The molecule has 0 spiro atoms. The summed E-state index contributed by atoms with van der Waals surface area (Å²) in [4.78, 5) is 11.2. The summed E-state index contributed by atoms with van der Waals surface area (Å²) in [5.41, 5.74) is 4.61. The third-order valence-electron chi connectivity index (χ3n) is 4.92. The van der Waals surface area contributed by atoms with Gasteiger partial charge in [-0.3, -0.25) is 0 Å². The summed E-state index contributed by atoms with van der Waals surface area (Å²) in [6, 6.07) is 10.7. The smallest absolute Gasteiger partial charge is 0.228 e. The lowest BCUT2D eigenvalue weighted by molar-refractivity contribution is 0.263. The minimum absolute atomic E-state index is 0.435. The molecule has 1 heterocycles. The summed E-state index contributed by atoms with van der Waals surface area (Å²) in [5, 5.41) is 0. The van der Waals surface area contributed by atoms with Crippen LogP contribution in [-0.4, -0.2) is 36.4 Å². The zero-order valence-corrected chi connectivity index (χ0v) is 17.3. The Hall–Kier alpha value is -1.88. The van der Waals surface area contributed by atoms with Gasteiger partial charge in [0.25, 0.3) is 0 Å². The van der Waals surface area contributed by atoms with Gasteiger partial charge in [0.1, 0.15) is 0 Å². The van der Waals surface area contributed by atoms with Crippen LogP contribution in [0.3, 0.4) is 0 Å². The van der Waals surface area contributed by atoms with E-state index in [1.54, 1.807) is 0 Å². The maximum Gasteiger partial charge on any atom is 0.228 e. The van der Waals surface area contributed by atoms with E-state index in [9.17, 15) is 0 Å². The number of aryl methyl sites for hydroxylation is 2. The number of hydrogen-bond donors (Lipinski definition) is 0. The van der Waals surface area contributed by atoms with Crippen LogP contribution in [0.1, 0.15) is 42.5 Å². The zero-order valence-electron chi connectivity index (χ0n) is 15.7. The Morgan fingerprint density at radius 2 is 2.19 bits per heavy atom. The van der Waals surface area contributed by atoms with Crippen molar-refractivity contribution < 1.29 is 4.74 Å². The second-order valence-corrected chi connectivity index (χ2v) is 7.65. The van der Waals surface area contributed by atoms with E-state index in [0.717, 1.165) is 22.4 Å². The highest BCUT2D eigenvalue weighted by atomic mass is 79.9. The van der Waals surface area contributed by atoms with Crippen LogP contribution in [0, 0.1) is 6.92 Å². The zero-order chi connectivity index (χ0) is 18.5. The van der Waals surface area contributed by atoms with Gasteiger partial charge in [0.15, 0.2) is 0 Å². The van der Waals surface area contributed by atoms with E-state index >= 15 is 0 Å². The van der Waals surface area contributed by atoms with E-state index in [2.05, 4.69) is 57.1 Å². The number of nitrogens with zero attached hydrogens (tertiary/aromatic N) is 3. The molecule has 1 aromatic carbocycles. The molecule has 4 nitrogen and oxygen atoms in total. The Kier molecular flexibility index (Phi) is 6.30. The maximum absolute atomic E-state index is 6.10. The number of benzene rings is 1. The largest absolute Gasteiger partial charge is 0.476 e. The number of pyridine rings is 1. The van der Waals surface area contributed by atoms with Crippen LogP contribution in [0.2, 0.25) is 0 Å². The molecule has 2 aromatic rings. The number of rotatable bonds is 6. The van der Waals surface area contributed by atoms with Gasteiger partial charge in [0.05, 0.1) is 28.8 Å². The van der Waals surface area contributed by atoms with Crippen LogP contribution in [-0.2, 0) is 6.42 Å². The Labute approximate surface area is 164 Å². The van der Waals surface area contributed by atoms with Gasteiger partial charge in [0, 0.05) is 19.5 Å². The lowest BCUT2D eigenvalue weighted by Crippen LogP contribution is -2.17. The molecule has 5 heteroatoms. The van der Waals surface area contributed by atoms with E-state index in [-0.39, 0.29) is 0 Å². The van der Waals surface area contributed by atoms with Crippen molar-refractivity contribution in [2.45, 2.75) is 39.0 Å². The first-order valence-electron chi connectivity index (χ1n) is 9.20. The minimum Gasteiger partial charge on any atom is -0.476 e. The standard InChI is InChI=1S/C21H26BrN3O/c1-4-25(3)14-23-20-12-19(22)21(24-15(20)2)26-13-17-10-7-9-16-8-5-6-11-18(16)17/h5-6,8,11-12,14,17H,4,7,9-10,13H2,1-3H3. The van der Waals surface area contributed by atoms with Gasteiger partial charge in [-0.15, -0.1) is 0 Å². The van der Waals surface area contributed by atoms with Gasteiger partial charge in [-0.2, -0.15) is 0 Å². The predicted octanol–water partition coefficient (Wildman–Crippen LogP) is 5.26. The van der Waals surface area contributed by atoms with Crippen LogP contribution in [0.25, 0.3) is 0 Å². The van der Waals surface area contributed by atoms with Crippen LogP contribution in [0.15, 0.2) is 39.8 Å². The molecule has 0 N–H and O–H groups in total. The molecule has 0 saturated heterocycles. The van der Waals surface area contributed by atoms with Gasteiger partial charge < -0.3 is 9.64 Å². The number of aromatic nitrogens is 1. The lowest BCUT2D eigenvalue weighted by atomic mass is 9.83. The molecule has 0 amide bonds. The first-order valence-corrected chi connectivity index (χ1v) is 10.00. The number of halogens is 1. The van der Waals surface area contributed by atoms with Gasteiger partial charge in [-0.25, -0.2) is 9.98 Å². The molecule has 138 valence electrons. The molecule has 1 aliphatic rings. The molecule has 0 aliphatic heterocycles. The summed E-state index contributed by atoms with van der Waals surface area (Å²) < 4.78 is 6.94. The molecular formula is C21H26BrN3O. The topological polar surface area (TPSA) is 37.7 Å². The molecule has 3 rings (SSSR count). The number of fused-ring (bicyclic) bond motifs is 1. The van der Waals surface area contributed by atoms with Crippen LogP contribution in [0.4, 0.5) is 5.69 Å². The minimum atomic E-state index is 0.435. The van der Waals surface area contributed by atoms with Gasteiger partial charge >= 0.3 is 0 Å².